The molecule has 1 heterocycles. The van der Waals surface area contributed by atoms with Crippen LogP contribution in [-0.4, -0.2) is 22.0 Å². The standard InChI is InChI=1S/C16H22N2O4/c1-9-7-10(2)18-15(20)13(9)8-17-14(19)11-3-5-12(6-4-11)16(21)22/h7,11-12H,3-6,8H2,1-2H3,(H,17,19)(H,18,20)(H,21,22). The van der Waals surface area contributed by atoms with Crippen LogP contribution in [0.1, 0.15) is 42.5 Å². The molecule has 1 aliphatic carbocycles. The van der Waals surface area contributed by atoms with E-state index in [2.05, 4.69) is 10.3 Å². The van der Waals surface area contributed by atoms with Gasteiger partial charge in [-0.15, -0.1) is 0 Å². The summed E-state index contributed by atoms with van der Waals surface area (Å²) in [5.74, 6) is -1.35. The number of nitrogens with one attached hydrogen (secondary N) is 2. The minimum absolute atomic E-state index is 0.0942. The zero-order chi connectivity index (χ0) is 16.3. The summed E-state index contributed by atoms with van der Waals surface area (Å²) in [6, 6.07) is 1.88. The second-order valence-electron chi connectivity index (χ2n) is 6.05. The number of carbonyl (C=O) groups is 2. The van der Waals surface area contributed by atoms with Crippen LogP contribution in [0.3, 0.4) is 0 Å². The van der Waals surface area contributed by atoms with Crippen LogP contribution in [0.15, 0.2) is 10.9 Å². The quantitative estimate of drug-likeness (QED) is 0.785. The van der Waals surface area contributed by atoms with Crippen molar-refractivity contribution < 1.29 is 14.7 Å². The summed E-state index contributed by atoms with van der Waals surface area (Å²) in [5.41, 5.74) is 2.05. The Labute approximate surface area is 128 Å². The van der Waals surface area contributed by atoms with E-state index in [1.165, 1.54) is 0 Å². The van der Waals surface area contributed by atoms with Gasteiger partial charge in [-0.3, -0.25) is 14.4 Å². The smallest absolute Gasteiger partial charge is 0.306 e. The highest BCUT2D eigenvalue weighted by Gasteiger charge is 2.29. The number of H-pyrrole nitrogens is 1. The van der Waals surface area contributed by atoms with Crippen LogP contribution in [0.25, 0.3) is 0 Å². The van der Waals surface area contributed by atoms with E-state index in [9.17, 15) is 14.4 Å². The van der Waals surface area contributed by atoms with Gasteiger partial charge in [-0.05, 0) is 51.2 Å². The Morgan fingerprint density at radius 1 is 1.23 bits per heavy atom. The Morgan fingerprint density at radius 2 is 1.82 bits per heavy atom. The van der Waals surface area contributed by atoms with Gasteiger partial charge in [0.05, 0.1) is 5.92 Å². The first kappa shape index (κ1) is 16.3. The van der Waals surface area contributed by atoms with E-state index in [0.717, 1.165) is 11.3 Å². The largest absolute Gasteiger partial charge is 0.481 e. The average molecular weight is 306 g/mol. The molecule has 0 saturated heterocycles. The lowest BCUT2D eigenvalue weighted by atomic mass is 9.81. The fourth-order valence-corrected chi connectivity index (χ4v) is 3.02. The van der Waals surface area contributed by atoms with Gasteiger partial charge in [-0.2, -0.15) is 0 Å². The monoisotopic (exact) mass is 306 g/mol. The summed E-state index contributed by atoms with van der Waals surface area (Å²) in [6.07, 6.45) is 2.26. The normalized spacial score (nSPS) is 21.4. The first-order chi connectivity index (χ1) is 10.4. The number of amides is 1. The fourth-order valence-electron chi connectivity index (χ4n) is 3.02. The van der Waals surface area contributed by atoms with Gasteiger partial charge < -0.3 is 15.4 Å². The second kappa shape index (κ2) is 6.77. The molecule has 0 unspecified atom stereocenters. The SMILES string of the molecule is Cc1cc(C)c(CNC(=O)C2CCC(C(=O)O)CC2)c(=O)[nH]1. The minimum Gasteiger partial charge on any atom is -0.481 e. The first-order valence-corrected chi connectivity index (χ1v) is 7.58. The topological polar surface area (TPSA) is 99.3 Å². The van der Waals surface area contributed by atoms with E-state index in [1.807, 2.05) is 19.9 Å². The van der Waals surface area contributed by atoms with E-state index in [4.69, 9.17) is 5.11 Å². The van der Waals surface area contributed by atoms with Crippen molar-refractivity contribution in [2.45, 2.75) is 46.1 Å². The number of rotatable bonds is 4. The number of aromatic amines is 1. The van der Waals surface area contributed by atoms with Gasteiger partial charge in [0.25, 0.3) is 5.56 Å². The molecule has 3 N–H and O–H groups in total. The lowest BCUT2D eigenvalue weighted by molar-refractivity contribution is -0.144. The fraction of sp³-hybridized carbons (Fsp3) is 0.562. The third kappa shape index (κ3) is 3.75. The Balaban J connectivity index is 1.92. The molecule has 120 valence electrons. The third-order valence-corrected chi connectivity index (χ3v) is 4.38. The predicted octanol–water partition coefficient (Wildman–Crippen LogP) is 1.50. The number of aromatic nitrogens is 1. The summed E-state index contributed by atoms with van der Waals surface area (Å²) in [6.45, 7) is 3.87. The predicted molar refractivity (Wildman–Crippen MR) is 81.5 cm³/mol. The van der Waals surface area contributed by atoms with Gasteiger partial charge in [-0.25, -0.2) is 0 Å². The van der Waals surface area contributed by atoms with Gasteiger partial charge >= 0.3 is 5.97 Å². The van der Waals surface area contributed by atoms with Crippen molar-refractivity contribution in [3.8, 4) is 0 Å². The molecular weight excluding hydrogens is 284 g/mol. The van der Waals surface area contributed by atoms with E-state index < -0.39 is 5.97 Å². The number of carboxylic acids is 1. The first-order valence-electron chi connectivity index (χ1n) is 7.58. The van der Waals surface area contributed by atoms with Gasteiger partial charge in [0, 0.05) is 23.7 Å². The van der Waals surface area contributed by atoms with Crippen LogP contribution in [-0.2, 0) is 16.1 Å². The number of carboxylic acid groups (broad SMARTS) is 1. The van der Waals surface area contributed by atoms with E-state index in [1.54, 1.807) is 0 Å². The van der Waals surface area contributed by atoms with Crippen LogP contribution < -0.4 is 10.9 Å². The molecule has 0 aromatic carbocycles. The number of aliphatic carboxylic acids is 1. The summed E-state index contributed by atoms with van der Waals surface area (Å²) in [4.78, 5) is 37.7. The average Bonchev–Trinajstić information content (AvgIpc) is 2.46. The minimum atomic E-state index is -0.777. The molecule has 1 amide bonds. The Morgan fingerprint density at radius 3 is 2.36 bits per heavy atom. The molecule has 0 aliphatic heterocycles. The molecule has 0 atom stereocenters. The molecule has 6 nitrogen and oxygen atoms in total. The molecule has 1 saturated carbocycles. The van der Waals surface area contributed by atoms with Gasteiger partial charge in [0.15, 0.2) is 0 Å². The Bertz CT molecular complexity index is 628. The third-order valence-electron chi connectivity index (χ3n) is 4.38. The summed E-state index contributed by atoms with van der Waals surface area (Å²) in [5, 5.41) is 11.8. The second-order valence-corrected chi connectivity index (χ2v) is 6.05. The lowest BCUT2D eigenvalue weighted by Gasteiger charge is -2.25. The van der Waals surface area contributed by atoms with Crippen LogP contribution in [0.5, 0.6) is 0 Å². The van der Waals surface area contributed by atoms with Crippen LogP contribution in [0, 0.1) is 25.7 Å². The lowest BCUT2D eigenvalue weighted by Crippen LogP contribution is -2.35. The molecule has 0 spiro atoms. The molecule has 1 aromatic rings. The molecule has 1 aromatic heterocycles. The van der Waals surface area contributed by atoms with Crippen molar-refractivity contribution in [1.29, 1.82) is 0 Å². The van der Waals surface area contributed by atoms with Crippen molar-refractivity contribution in [2.24, 2.45) is 11.8 Å². The Kier molecular flexibility index (Phi) is 5.00. The van der Waals surface area contributed by atoms with E-state index in [-0.39, 0.29) is 29.8 Å². The molecule has 1 aliphatic rings. The zero-order valence-electron chi connectivity index (χ0n) is 12.9. The molecular formula is C16H22N2O4. The molecule has 0 radical (unpaired) electrons. The summed E-state index contributed by atoms with van der Waals surface area (Å²) < 4.78 is 0. The van der Waals surface area contributed by atoms with Crippen molar-refractivity contribution in [3.63, 3.8) is 0 Å². The molecule has 2 rings (SSSR count). The maximum atomic E-state index is 12.2. The summed E-state index contributed by atoms with van der Waals surface area (Å²) in [7, 11) is 0. The highest BCUT2D eigenvalue weighted by molar-refractivity contribution is 5.79. The van der Waals surface area contributed by atoms with Crippen molar-refractivity contribution >= 4 is 11.9 Å². The number of hydrogen-bond acceptors (Lipinski definition) is 3. The zero-order valence-corrected chi connectivity index (χ0v) is 12.9. The van der Waals surface area contributed by atoms with Crippen molar-refractivity contribution in [2.75, 3.05) is 0 Å². The maximum absolute atomic E-state index is 12.2. The molecule has 1 fully saturated rings. The number of hydrogen-bond donors (Lipinski definition) is 3. The van der Waals surface area contributed by atoms with Gasteiger partial charge in [-0.1, -0.05) is 0 Å². The highest BCUT2D eigenvalue weighted by Crippen LogP contribution is 2.29. The van der Waals surface area contributed by atoms with Crippen LogP contribution in [0.4, 0.5) is 0 Å². The molecule has 22 heavy (non-hydrogen) atoms. The Hall–Kier alpha value is -2.11. The number of aryl methyl sites for hydroxylation is 2. The maximum Gasteiger partial charge on any atom is 0.306 e. The molecule has 6 heteroatoms. The van der Waals surface area contributed by atoms with Crippen molar-refractivity contribution in [1.82, 2.24) is 10.3 Å². The summed E-state index contributed by atoms with van der Waals surface area (Å²) >= 11 is 0. The van der Waals surface area contributed by atoms with E-state index in [0.29, 0.717) is 31.2 Å². The van der Waals surface area contributed by atoms with Crippen LogP contribution >= 0.6 is 0 Å². The van der Waals surface area contributed by atoms with Gasteiger partial charge in [0.2, 0.25) is 5.91 Å². The van der Waals surface area contributed by atoms with E-state index >= 15 is 0 Å². The number of carbonyl (C=O) groups excluding carboxylic acids is 1. The highest BCUT2D eigenvalue weighted by atomic mass is 16.4. The number of pyridine rings is 1. The van der Waals surface area contributed by atoms with Crippen LogP contribution in [0.2, 0.25) is 0 Å². The van der Waals surface area contributed by atoms with Crippen molar-refractivity contribution in [3.05, 3.63) is 33.2 Å². The molecule has 0 bridgehead atoms. The van der Waals surface area contributed by atoms with Gasteiger partial charge in [0.1, 0.15) is 0 Å².